The number of rotatable bonds is 4. The standard InChI is InChI=1S/C16H19N3O3/c1-19-9-11(8-18-19)7-17-16(20)13-5-12-6-14(21-2)3-4-15(12)22-10-13/h3-4,6,8-9,13H,5,7,10H2,1-2H3,(H,17,20)/t13-/m1/s1. The van der Waals surface area contributed by atoms with Gasteiger partial charge in [-0.2, -0.15) is 5.10 Å². The number of benzene rings is 1. The van der Waals surface area contributed by atoms with E-state index < -0.39 is 0 Å². The molecule has 1 amide bonds. The van der Waals surface area contributed by atoms with E-state index in [1.54, 1.807) is 18.0 Å². The number of aromatic nitrogens is 2. The summed E-state index contributed by atoms with van der Waals surface area (Å²) >= 11 is 0. The number of ether oxygens (including phenoxy) is 2. The van der Waals surface area contributed by atoms with Gasteiger partial charge < -0.3 is 14.8 Å². The number of hydrogen-bond donors (Lipinski definition) is 1. The summed E-state index contributed by atoms with van der Waals surface area (Å²) < 4.78 is 12.6. The smallest absolute Gasteiger partial charge is 0.227 e. The molecule has 1 atom stereocenters. The summed E-state index contributed by atoms with van der Waals surface area (Å²) in [5.41, 5.74) is 1.99. The lowest BCUT2D eigenvalue weighted by Gasteiger charge is -2.24. The summed E-state index contributed by atoms with van der Waals surface area (Å²) in [6, 6.07) is 5.68. The van der Waals surface area contributed by atoms with Gasteiger partial charge in [-0.15, -0.1) is 0 Å². The highest BCUT2D eigenvalue weighted by atomic mass is 16.5. The van der Waals surface area contributed by atoms with Crippen LogP contribution in [0.2, 0.25) is 0 Å². The topological polar surface area (TPSA) is 65.4 Å². The molecule has 1 aliphatic rings. The highest BCUT2D eigenvalue weighted by Gasteiger charge is 2.26. The predicted molar refractivity (Wildman–Crippen MR) is 80.7 cm³/mol. The Kier molecular flexibility index (Phi) is 4.00. The number of nitrogens with zero attached hydrogens (tertiary/aromatic N) is 2. The molecular formula is C16H19N3O3. The molecule has 3 rings (SSSR count). The van der Waals surface area contributed by atoms with Crippen LogP contribution in [0.15, 0.2) is 30.6 Å². The van der Waals surface area contributed by atoms with Crippen LogP contribution in [0.25, 0.3) is 0 Å². The largest absolute Gasteiger partial charge is 0.497 e. The number of amides is 1. The van der Waals surface area contributed by atoms with Gasteiger partial charge in [-0.3, -0.25) is 9.48 Å². The van der Waals surface area contributed by atoms with Crippen LogP contribution in [0.1, 0.15) is 11.1 Å². The van der Waals surface area contributed by atoms with E-state index in [-0.39, 0.29) is 11.8 Å². The highest BCUT2D eigenvalue weighted by Crippen LogP contribution is 2.30. The number of carbonyl (C=O) groups excluding carboxylic acids is 1. The second-order valence-corrected chi connectivity index (χ2v) is 5.43. The average molecular weight is 301 g/mol. The molecule has 0 saturated heterocycles. The number of carbonyl (C=O) groups is 1. The Bertz CT molecular complexity index is 681. The van der Waals surface area contributed by atoms with Gasteiger partial charge in [0.15, 0.2) is 0 Å². The highest BCUT2D eigenvalue weighted by molar-refractivity contribution is 5.79. The van der Waals surface area contributed by atoms with Crippen LogP contribution in [0, 0.1) is 5.92 Å². The van der Waals surface area contributed by atoms with E-state index in [9.17, 15) is 4.79 Å². The number of fused-ring (bicyclic) bond motifs is 1. The molecule has 0 aliphatic carbocycles. The van der Waals surface area contributed by atoms with Gasteiger partial charge in [0.2, 0.25) is 5.91 Å². The zero-order valence-electron chi connectivity index (χ0n) is 12.7. The monoisotopic (exact) mass is 301 g/mol. The number of hydrogen-bond acceptors (Lipinski definition) is 4. The molecule has 1 N–H and O–H groups in total. The van der Waals surface area contributed by atoms with Crippen molar-refractivity contribution in [1.29, 1.82) is 0 Å². The molecule has 0 unspecified atom stereocenters. The molecule has 2 heterocycles. The summed E-state index contributed by atoms with van der Waals surface area (Å²) in [5.74, 6) is 1.42. The normalized spacial score (nSPS) is 16.5. The Morgan fingerprint density at radius 2 is 2.41 bits per heavy atom. The minimum Gasteiger partial charge on any atom is -0.497 e. The van der Waals surface area contributed by atoms with Crippen LogP contribution in [-0.4, -0.2) is 29.4 Å². The van der Waals surface area contributed by atoms with E-state index in [0.717, 1.165) is 22.6 Å². The average Bonchev–Trinajstić information content (AvgIpc) is 2.97. The quantitative estimate of drug-likeness (QED) is 0.924. The van der Waals surface area contributed by atoms with E-state index in [1.807, 2.05) is 31.4 Å². The van der Waals surface area contributed by atoms with Gasteiger partial charge >= 0.3 is 0 Å². The molecule has 0 fully saturated rings. The van der Waals surface area contributed by atoms with Crippen LogP contribution in [0.4, 0.5) is 0 Å². The summed E-state index contributed by atoms with van der Waals surface area (Å²) in [6.07, 6.45) is 4.29. The lowest BCUT2D eigenvalue weighted by molar-refractivity contribution is -0.126. The Labute approximate surface area is 129 Å². The first kappa shape index (κ1) is 14.4. The van der Waals surface area contributed by atoms with Gasteiger partial charge in [0.25, 0.3) is 0 Å². The summed E-state index contributed by atoms with van der Waals surface area (Å²) in [4.78, 5) is 12.3. The minimum absolute atomic E-state index is 0.00248. The molecule has 0 bridgehead atoms. The van der Waals surface area contributed by atoms with Crippen molar-refractivity contribution < 1.29 is 14.3 Å². The second kappa shape index (κ2) is 6.09. The van der Waals surface area contributed by atoms with Crippen molar-refractivity contribution in [3.8, 4) is 11.5 Å². The van der Waals surface area contributed by atoms with Gasteiger partial charge in [-0.1, -0.05) is 0 Å². The van der Waals surface area contributed by atoms with Gasteiger partial charge in [0, 0.05) is 25.4 Å². The zero-order valence-corrected chi connectivity index (χ0v) is 12.7. The third-order valence-electron chi connectivity index (χ3n) is 3.77. The van der Waals surface area contributed by atoms with E-state index in [1.165, 1.54) is 0 Å². The van der Waals surface area contributed by atoms with Crippen LogP contribution >= 0.6 is 0 Å². The summed E-state index contributed by atoms with van der Waals surface area (Å²) in [5, 5.41) is 7.02. The number of aryl methyl sites for hydroxylation is 1. The molecule has 0 spiro atoms. The lowest BCUT2D eigenvalue weighted by atomic mass is 9.95. The van der Waals surface area contributed by atoms with Crippen molar-refractivity contribution in [3.05, 3.63) is 41.7 Å². The first-order chi connectivity index (χ1) is 10.7. The maximum Gasteiger partial charge on any atom is 0.227 e. The number of methoxy groups -OCH3 is 1. The maximum absolute atomic E-state index is 12.3. The van der Waals surface area contributed by atoms with Crippen molar-refractivity contribution in [3.63, 3.8) is 0 Å². The Hall–Kier alpha value is -2.50. The molecule has 1 aromatic heterocycles. The van der Waals surface area contributed by atoms with Crippen LogP contribution in [0.3, 0.4) is 0 Å². The first-order valence-corrected chi connectivity index (χ1v) is 7.20. The lowest BCUT2D eigenvalue weighted by Crippen LogP contribution is -2.37. The molecule has 1 aliphatic heterocycles. The fourth-order valence-electron chi connectivity index (χ4n) is 2.56. The fraction of sp³-hybridized carbons (Fsp3) is 0.375. The van der Waals surface area contributed by atoms with Crippen LogP contribution in [-0.2, 0) is 24.8 Å². The Morgan fingerprint density at radius 1 is 1.55 bits per heavy atom. The predicted octanol–water partition coefficient (Wildman–Crippen LogP) is 1.30. The zero-order chi connectivity index (χ0) is 15.5. The molecule has 0 saturated carbocycles. The Morgan fingerprint density at radius 3 is 3.14 bits per heavy atom. The van der Waals surface area contributed by atoms with Crippen LogP contribution in [0.5, 0.6) is 11.5 Å². The second-order valence-electron chi connectivity index (χ2n) is 5.43. The summed E-state index contributed by atoms with van der Waals surface area (Å²) in [6.45, 7) is 0.881. The Balaban J connectivity index is 1.62. The van der Waals surface area contributed by atoms with Crippen molar-refractivity contribution in [2.24, 2.45) is 13.0 Å². The molecule has 2 aromatic rings. The molecule has 22 heavy (non-hydrogen) atoms. The third-order valence-corrected chi connectivity index (χ3v) is 3.77. The van der Waals surface area contributed by atoms with Gasteiger partial charge in [0.1, 0.15) is 18.1 Å². The van der Waals surface area contributed by atoms with Crippen molar-refractivity contribution >= 4 is 5.91 Å². The fourth-order valence-corrected chi connectivity index (χ4v) is 2.56. The van der Waals surface area contributed by atoms with E-state index in [2.05, 4.69) is 10.4 Å². The molecule has 6 heteroatoms. The first-order valence-electron chi connectivity index (χ1n) is 7.20. The van der Waals surface area contributed by atoms with Gasteiger partial charge in [0.05, 0.1) is 19.2 Å². The van der Waals surface area contributed by atoms with E-state index in [4.69, 9.17) is 9.47 Å². The third kappa shape index (κ3) is 3.05. The van der Waals surface area contributed by atoms with Crippen LogP contribution < -0.4 is 14.8 Å². The van der Waals surface area contributed by atoms with Crippen molar-refractivity contribution in [1.82, 2.24) is 15.1 Å². The molecule has 6 nitrogen and oxygen atoms in total. The van der Waals surface area contributed by atoms with Crippen molar-refractivity contribution in [2.45, 2.75) is 13.0 Å². The van der Waals surface area contributed by atoms with Gasteiger partial charge in [-0.25, -0.2) is 0 Å². The molecule has 1 aromatic carbocycles. The molecule has 0 radical (unpaired) electrons. The molecular weight excluding hydrogens is 282 g/mol. The summed E-state index contributed by atoms with van der Waals surface area (Å²) in [7, 11) is 3.48. The minimum atomic E-state index is -0.184. The maximum atomic E-state index is 12.3. The SMILES string of the molecule is COc1ccc2c(c1)C[C@@H](C(=O)NCc1cnn(C)c1)CO2. The van der Waals surface area contributed by atoms with E-state index in [0.29, 0.717) is 19.6 Å². The van der Waals surface area contributed by atoms with E-state index >= 15 is 0 Å². The number of nitrogens with one attached hydrogen (secondary N) is 1. The van der Waals surface area contributed by atoms with Crippen molar-refractivity contribution in [2.75, 3.05) is 13.7 Å². The molecule has 116 valence electrons. The van der Waals surface area contributed by atoms with Gasteiger partial charge in [-0.05, 0) is 30.2 Å².